The maximum absolute atomic E-state index is 11.9. The standard InChI is InChI=1S/C15H22N2O2/c1-17(10-12-4-2-3-5-12)15(18)11-19-14-8-6-13(16)7-9-14/h6-9,12H,2-5,10-11,16H2,1H3. The molecule has 1 amide bonds. The molecule has 0 unspecified atom stereocenters. The van der Waals surface area contributed by atoms with Gasteiger partial charge in [0.15, 0.2) is 6.61 Å². The number of nitrogens with two attached hydrogens (primary N) is 1. The van der Waals surface area contributed by atoms with E-state index >= 15 is 0 Å². The van der Waals surface area contributed by atoms with Crippen LogP contribution in [0.15, 0.2) is 24.3 Å². The minimum atomic E-state index is 0.0312. The van der Waals surface area contributed by atoms with Crippen LogP contribution in [0.1, 0.15) is 25.7 Å². The van der Waals surface area contributed by atoms with Crippen LogP contribution in [0, 0.1) is 5.92 Å². The number of nitrogens with zero attached hydrogens (tertiary/aromatic N) is 1. The van der Waals surface area contributed by atoms with Gasteiger partial charge in [-0.25, -0.2) is 0 Å². The zero-order valence-corrected chi connectivity index (χ0v) is 11.5. The van der Waals surface area contributed by atoms with Gasteiger partial charge in [0.1, 0.15) is 5.75 Å². The van der Waals surface area contributed by atoms with Crippen LogP contribution in [0.4, 0.5) is 5.69 Å². The van der Waals surface area contributed by atoms with Gasteiger partial charge in [0.25, 0.3) is 5.91 Å². The highest BCUT2D eigenvalue weighted by atomic mass is 16.5. The predicted octanol–water partition coefficient (Wildman–Crippen LogP) is 2.30. The van der Waals surface area contributed by atoms with Crippen molar-refractivity contribution in [1.29, 1.82) is 0 Å². The quantitative estimate of drug-likeness (QED) is 0.828. The van der Waals surface area contributed by atoms with Crippen molar-refractivity contribution in [1.82, 2.24) is 4.90 Å². The molecule has 0 spiro atoms. The molecule has 1 aliphatic rings. The van der Waals surface area contributed by atoms with Crippen LogP contribution in [0.3, 0.4) is 0 Å². The lowest BCUT2D eigenvalue weighted by Gasteiger charge is -2.21. The van der Waals surface area contributed by atoms with Gasteiger partial charge in [-0.15, -0.1) is 0 Å². The molecule has 1 aromatic rings. The molecular weight excluding hydrogens is 240 g/mol. The van der Waals surface area contributed by atoms with E-state index in [-0.39, 0.29) is 12.5 Å². The maximum Gasteiger partial charge on any atom is 0.260 e. The third kappa shape index (κ3) is 4.16. The van der Waals surface area contributed by atoms with Crippen molar-refractivity contribution in [3.63, 3.8) is 0 Å². The summed E-state index contributed by atoms with van der Waals surface area (Å²) in [5.74, 6) is 1.38. The Kier molecular flexibility index (Phi) is 4.66. The molecule has 4 nitrogen and oxygen atoms in total. The Labute approximate surface area is 114 Å². The summed E-state index contributed by atoms with van der Waals surface area (Å²) in [6, 6.07) is 7.09. The van der Waals surface area contributed by atoms with E-state index < -0.39 is 0 Å². The van der Waals surface area contributed by atoms with Gasteiger partial charge in [0.05, 0.1) is 0 Å². The first-order valence-electron chi connectivity index (χ1n) is 6.87. The lowest BCUT2D eigenvalue weighted by Crippen LogP contribution is -2.34. The van der Waals surface area contributed by atoms with Gasteiger partial charge in [-0.05, 0) is 43.0 Å². The Morgan fingerprint density at radius 1 is 1.32 bits per heavy atom. The highest BCUT2D eigenvalue weighted by molar-refractivity contribution is 5.77. The number of carbonyl (C=O) groups excluding carboxylic acids is 1. The predicted molar refractivity (Wildman–Crippen MR) is 75.9 cm³/mol. The summed E-state index contributed by atoms with van der Waals surface area (Å²) in [5, 5.41) is 0. The Hall–Kier alpha value is -1.71. The summed E-state index contributed by atoms with van der Waals surface area (Å²) >= 11 is 0. The second-order valence-electron chi connectivity index (χ2n) is 5.28. The lowest BCUT2D eigenvalue weighted by atomic mass is 10.1. The van der Waals surface area contributed by atoms with E-state index in [2.05, 4.69) is 0 Å². The Bertz CT molecular complexity index is 411. The van der Waals surface area contributed by atoms with E-state index in [1.165, 1.54) is 25.7 Å². The van der Waals surface area contributed by atoms with Crippen LogP contribution in [0.5, 0.6) is 5.75 Å². The molecule has 2 rings (SSSR count). The molecule has 0 heterocycles. The van der Waals surface area contributed by atoms with Crippen molar-refractivity contribution in [3.8, 4) is 5.75 Å². The van der Waals surface area contributed by atoms with Crippen LogP contribution in [0.25, 0.3) is 0 Å². The van der Waals surface area contributed by atoms with Gasteiger partial charge in [0.2, 0.25) is 0 Å². The third-order valence-electron chi connectivity index (χ3n) is 3.67. The van der Waals surface area contributed by atoms with Crippen molar-refractivity contribution in [3.05, 3.63) is 24.3 Å². The third-order valence-corrected chi connectivity index (χ3v) is 3.67. The van der Waals surface area contributed by atoms with Gasteiger partial charge in [0, 0.05) is 19.3 Å². The molecule has 0 aliphatic heterocycles. The molecule has 0 bridgehead atoms. The molecule has 2 N–H and O–H groups in total. The lowest BCUT2D eigenvalue weighted by molar-refractivity contribution is -0.132. The number of carbonyl (C=O) groups is 1. The van der Waals surface area contributed by atoms with Crippen molar-refractivity contribution < 1.29 is 9.53 Å². The van der Waals surface area contributed by atoms with Gasteiger partial charge in [-0.1, -0.05) is 12.8 Å². The van der Waals surface area contributed by atoms with Crippen LogP contribution in [0.2, 0.25) is 0 Å². The maximum atomic E-state index is 11.9. The van der Waals surface area contributed by atoms with Crippen molar-refractivity contribution in [2.75, 3.05) is 25.9 Å². The van der Waals surface area contributed by atoms with Gasteiger partial charge in [-0.3, -0.25) is 4.79 Å². The number of nitrogen functional groups attached to an aromatic ring is 1. The van der Waals surface area contributed by atoms with E-state index in [4.69, 9.17) is 10.5 Å². The fraction of sp³-hybridized carbons (Fsp3) is 0.533. The number of anilines is 1. The minimum absolute atomic E-state index is 0.0312. The number of hydrogen-bond acceptors (Lipinski definition) is 3. The summed E-state index contributed by atoms with van der Waals surface area (Å²) in [6.07, 6.45) is 5.09. The number of amides is 1. The van der Waals surface area contributed by atoms with Gasteiger partial charge >= 0.3 is 0 Å². The molecule has 1 saturated carbocycles. The zero-order chi connectivity index (χ0) is 13.7. The zero-order valence-electron chi connectivity index (χ0n) is 11.5. The highest BCUT2D eigenvalue weighted by Crippen LogP contribution is 2.25. The number of likely N-dealkylation sites (N-methyl/N-ethyl adjacent to an activating group) is 1. The van der Waals surface area contributed by atoms with E-state index in [1.54, 1.807) is 29.2 Å². The number of benzene rings is 1. The summed E-state index contributed by atoms with van der Waals surface area (Å²) in [7, 11) is 1.85. The van der Waals surface area contributed by atoms with Crippen molar-refractivity contribution >= 4 is 11.6 Å². The number of rotatable bonds is 5. The van der Waals surface area contributed by atoms with Crippen molar-refractivity contribution in [2.45, 2.75) is 25.7 Å². The minimum Gasteiger partial charge on any atom is -0.484 e. The average molecular weight is 262 g/mol. The second kappa shape index (κ2) is 6.45. The molecule has 104 valence electrons. The van der Waals surface area contributed by atoms with E-state index in [9.17, 15) is 4.79 Å². The molecule has 0 atom stereocenters. The molecule has 0 saturated heterocycles. The summed E-state index contributed by atoms with van der Waals surface area (Å²) in [4.78, 5) is 13.7. The van der Waals surface area contributed by atoms with Crippen molar-refractivity contribution in [2.24, 2.45) is 5.92 Å². The summed E-state index contributed by atoms with van der Waals surface area (Å²) in [5.41, 5.74) is 6.28. The second-order valence-corrected chi connectivity index (χ2v) is 5.28. The van der Waals surface area contributed by atoms with Gasteiger partial charge in [-0.2, -0.15) is 0 Å². The first-order chi connectivity index (χ1) is 9.15. The van der Waals surface area contributed by atoms with E-state index in [0.717, 1.165) is 6.54 Å². The SMILES string of the molecule is CN(CC1CCCC1)C(=O)COc1ccc(N)cc1. The molecule has 4 heteroatoms. The fourth-order valence-electron chi connectivity index (χ4n) is 2.50. The Morgan fingerprint density at radius 3 is 2.58 bits per heavy atom. The normalized spacial score (nSPS) is 15.4. The summed E-state index contributed by atoms with van der Waals surface area (Å²) < 4.78 is 5.46. The molecule has 0 aromatic heterocycles. The monoisotopic (exact) mass is 262 g/mol. The molecule has 1 fully saturated rings. The fourth-order valence-corrected chi connectivity index (χ4v) is 2.50. The molecule has 0 radical (unpaired) electrons. The highest BCUT2D eigenvalue weighted by Gasteiger charge is 2.19. The van der Waals surface area contributed by atoms with E-state index in [1.807, 2.05) is 7.05 Å². The molecule has 19 heavy (non-hydrogen) atoms. The van der Waals surface area contributed by atoms with Crippen LogP contribution < -0.4 is 10.5 Å². The van der Waals surface area contributed by atoms with E-state index in [0.29, 0.717) is 17.4 Å². The topological polar surface area (TPSA) is 55.6 Å². The van der Waals surface area contributed by atoms with Crippen LogP contribution >= 0.6 is 0 Å². The number of ether oxygens (including phenoxy) is 1. The summed E-state index contributed by atoms with van der Waals surface area (Å²) in [6.45, 7) is 0.942. The molecule has 1 aliphatic carbocycles. The molecular formula is C15H22N2O2. The Morgan fingerprint density at radius 2 is 1.95 bits per heavy atom. The first kappa shape index (κ1) is 13.7. The van der Waals surface area contributed by atoms with Crippen LogP contribution in [-0.2, 0) is 4.79 Å². The van der Waals surface area contributed by atoms with Gasteiger partial charge < -0.3 is 15.4 Å². The number of hydrogen-bond donors (Lipinski definition) is 1. The molecule has 1 aromatic carbocycles. The Balaban J connectivity index is 1.75. The first-order valence-corrected chi connectivity index (χ1v) is 6.87. The largest absolute Gasteiger partial charge is 0.484 e. The average Bonchev–Trinajstić information content (AvgIpc) is 2.90. The smallest absolute Gasteiger partial charge is 0.260 e. The van der Waals surface area contributed by atoms with Crippen LogP contribution in [-0.4, -0.2) is 31.0 Å².